The minimum absolute atomic E-state index is 0.323. The standard InChI is InChI=1S/C19H39NO2/c1-2-3-4-5-6-8-11-14-18(17-20)15-12-9-7-10-13-16-19(21)22/h18H,2-17,20H2,1H3,(H,21,22). The van der Waals surface area contributed by atoms with Crippen LogP contribution in [0.25, 0.3) is 0 Å². The second-order valence-corrected chi connectivity index (χ2v) is 6.71. The highest BCUT2D eigenvalue weighted by Gasteiger charge is 2.06. The second-order valence-electron chi connectivity index (χ2n) is 6.71. The zero-order valence-corrected chi connectivity index (χ0v) is 14.8. The highest BCUT2D eigenvalue weighted by molar-refractivity contribution is 5.66. The summed E-state index contributed by atoms with van der Waals surface area (Å²) >= 11 is 0. The summed E-state index contributed by atoms with van der Waals surface area (Å²) in [4.78, 5) is 10.4. The van der Waals surface area contributed by atoms with Crippen molar-refractivity contribution in [1.29, 1.82) is 0 Å². The van der Waals surface area contributed by atoms with E-state index in [9.17, 15) is 4.79 Å². The van der Waals surface area contributed by atoms with Crippen molar-refractivity contribution in [2.24, 2.45) is 11.7 Å². The molecule has 0 spiro atoms. The van der Waals surface area contributed by atoms with Crippen LogP contribution in [-0.2, 0) is 4.79 Å². The van der Waals surface area contributed by atoms with Crippen molar-refractivity contribution >= 4 is 5.97 Å². The number of hydrogen-bond donors (Lipinski definition) is 2. The van der Waals surface area contributed by atoms with E-state index < -0.39 is 5.97 Å². The van der Waals surface area contributed by atoms with Crippen LogP contribution in [0.1, 0.15) is 103 Å². The fourth-order valence-corrected chi connectivity index (χ4v) is 3.01. The van der Waals surface area contributed by atoms with Gasteiger partial charge in [-0.05, 0) is 31.7 Å². The van der Waals surface area contributed by atoms with Crippen LogP contribution in [0.3, 0.4) is 0 Å². The maximum absolute atomic E-state index is 10.4. The first-order chi connectivity index (χ1) is 10.7. The fraction of sp³-hybridized carbons (Fsp3) is 0.947. The van der Waals surface area contributed by atoms with E-state index in [4.69, 9.17) is 10.8 Å². The lowest BCUT2D eigenvalue weighted by molar-refractivity contribution is -0.137. The average Bonchev–Trinajstić information content (AvgIpc) is 2.50. The predicted molar refractivity (Wildman–Crippen MR) is 95.1 cm³/mol. The number of nitrogens with two attached hydrogens (primary N) is 1. The van der Waals surface area contributed by atoms with Crippen molar-refractivity contribution in [2.45, 2.75) is 103 Å². The van der Waals surface area contributed by atoms with Crippen molar-refractivity contribution in [1.82, 2.24) is 0 Å². The van der Waals surface area contributed by atoms with Crippen molar-refractivity contribution in [3.8, 4) is 0 Å². The lowest BCUT2D eigenvalue weighted by atomic mass is 9.94. The number of carboxylic acids is 1. The third kappa shape index (κ3) is 15.8. The van der Waals surface area contributed by atoms with Gasteiger partial charge in [0.1, 0.15) is 0 Å². The van der Waals surface area contributed by atoms with Crippen LogP contribution in [0.5, 0.6) is 0 Å². The molecular weight excluding hydrogens is 274 g/mol. The predicted octanol–water partition coefficient (Wildman–Crippen LogP) is 5.52. The highest BCUT2D eigenvalue weighted by atomic mass is 16.4. The van der Waals surface area contributed by atoms with E-state index in [-0.39, 0.29) is 0 Å². The molecule has 0 aromatic rings. The molecule has 0 heterocycles. The minimum atomic E-state index is -0.669. The lowest BCUT2D eigenvalue weighted by Gasteiger charge is -2.14. The fourth-order valence-electron chi connectivity index (χ4n) is 3.01. The zero-order chi connectivity index (χ0) is 16.5. The van der Waals surface area contributed by atoms with E-state index in [0.717, 1.165) is 19.4 Å². The second kappa shape index (κ2) is 16.8. The van der Waals surface area contributed by atoms with E-state index in [1.807, 2.05) is 0 Å². The Balaban J connectivity index is 3.34. The molecule has 0 fully saturated rings. The largest absolute Gasteiger partial charge is 0.481 e. The Morgan fingerprint density at radius 1 is 0.818 bits per heavy atom. The van der Waals surface area contributed by atoms with E-state index >= 15 is 0 Å². The molecule has 0 saturated carbocycles. The first-order valence-electron chi connectivity index (χ1n) is 9.62. The molecule has 3 nitrogen and oxygen atoms in total. The Kier molecular flexibility index (Phi) is 16.4. The Labute approximate surface area is 138 Å². The first kappa shape index (κ1) is 21.4. The Morgan fingerprint density at radius 3 is 1.73 bits per heavy atom. The number of carboxylic acid groups (broad SMARTS) is 1. The summed E-state index contributed by atoms with van der Waals surface area (Å²) in [7, 11) is 0. The highest BCUT2D eigenvalue weighted by Crippen LogP contribution is 2.18. The van der Waals surface area contributed by atoms with Gasteiger partial charge >= 0.3 is 5.97 Å². The molecule has 1 atom stereocenters. The Bertz CT molecular complexity index is 244. The molecule has 0 radical (unpaired) electrons. The van der Waals surface area contributed by atoms with Crippen LogP contribution in [0.4, 0.5) is 0 Å². The Morgan fingerprint density at radius 2 is 1.27 bits per heavy atom. The number of hydrogen-bond acceptors (Lipinski definition) is 2. The topological polar surface area (TPSA) is 63.3 Å². The zero-order valence-electron chi connectivity index (χ0n) is 14.8. The number of rotatable bonds is 17. The maximum Gasteiger partial charge on any atom is 0.303 e. The summed E-state index contributed by atoms with van der Waals surface area (Å²) in [5, 5.41) is 8.57. The molecule has 0 amide bonds. The number of unbranched alkanes of at least 4 members (excludes halogenated alkanes) is 10. The van der Waals surface area contributed by atoms with Crippen LogP contribution in [0.15, 0.2) is 0 Å². The van der Waals surface area contributed by atoms with Crippen LogP contribution >= 0.6 is 0 Å². The quantitative estimate of drug-likeness (QED) is 0.348. The van der Waals surface area contributed by atoms with Gasteiger partial charge in [-0.15, -0.1) is 0 Å². The lowest BCUT2D eigenvalue weighted by Crippen LogP contribution is -2.14. The molecular formula is C19H39NO2. The molecule has 22 heavy (non-hydrogen) atoms. The maximum atomic E-state index is 10.4. The summed E-state index contributed by atoms with van der Waals surface area (Å²) in [5.74, 6) is 0.0348. The third-order valence-electron chi connectivity index (χ3n) is 4.55. The summed E-state index contributed by atoms with van der Waals surface area (Å²) < 4.78 is 0. The number of carbonyl (C=O) groups is 1. The minimum Gasteiger partial charge on any atom is -0.481 e. The summed E-state index contributed by atoms with van der Waals surface area (Å²) in [6, 6.07) is 0. The smallest absolute Gasteiger partial charge is 0.303 e. The molecule has 0 bridgehead atoms. The molecule has 0 aliphatic heterocycles. The molecule has 132 valence electrons. The molecule has 0 aliphatic rings. The van der Waals surface area contributed by atoms with Crippen LogP contribution in [-0.4, -0.2) is 17.6 Å². The van der Waals surface area contributed by atoms with Crippen molar-refractivity contribution in [2.75, 3.05) is 6.54 Å². The number of aliphatic carboxylic acids is 1. The monoisotopic (exact) mass is 313 g/mol. The van der Waals surface area contributed by atoms with E-state index in [1.165, 1.54) is 77.0 Å². The summed E-state index contributed by atoms with van der Waals surface area (Å²) in [6.07, 6.45) is 18.0. The summed E-state index contributed by atoms with van der Waals surface area (Å²) in [5.41, 5.74) is 5.88. The van der Waals surface area contributed by atoms with Gasteiger partial charge in [0.05, 0.1) is 0 Å². The van der Waals surface area contributed by atoms with E-state index in [0.29, 0.717) is 12.3 Å². The van der Waals surface area contributed by atoms with E-state index in [1.54, 1.807) is 0 Å². The van der Waals surface area contributed by atoms with Gasteiger partial charge in [-0.2, -0.15) is 0 Å². The van der Waals surface area contributed by atoms with Gasteiger partial charge in [0.15, 0.2) is 0 Å². The molecule has 0 aliphatic carbocycles. The van der Waals surface area contributed by atoms with Gasteiger partial charge in [0.25, 0.3) is 0 Å². The first-order valence-corrected chi connectivity index (χ1v) is 9.62. The third-order valence-corrected chi connectivity index (χ3v) is 4.55. The molecule has 0 saturated heterocycles. The van der Waals surface area contributed by atoms with E-state index in [2.05, 4.69) is 6.92 Å². The van der Waals surface area contributed by atoms with Crippen LogP contribution < -0.4 is 5.73 Å². The van der Waals surface area contributed by atoms with Gasteiger partial charge in [0.2, 0.25) is 0 Å². The Hall–Kier alpha value is -0.570. The SMILES string of the molecule is CCCCCCCCCC(CN)CCCCCCCC(=O)O. The van der Waals surface area contributed by atoms with Gasteiger partial charge < -0.3 is 10.8 Å². The molecule has 0 aromatic heterocycles. The average molecular weight is 314 g/mol. The molecule has 0 aromatic carbocycles. The van der Waals surface area contributed by atoms with Crippen LogP contribution in [0, 0.1) is 5.92 Å². The van der Waals surface area contributed by atoms with Crippen LogP contribution in [0.2, 0.25) is 0 Å². The molecule has 1 unspecified atom stereocenters. The van der Waals surface area contributed by atoms with Gasteiger partial charge in [-0.3, -0.25) is 4.79 Å². The summed E-state index contributed by atoms with van der Waals surface area (Å²) in [6.45, 7) is 3.09. The van der Waals surface area contributed by atoms with Crippen molar-refractivity contribution < 1.29 is 9.90 Å². The van der Waals surface area contributed by atoms with Gasteiger partial charge in [0, 0.05) is 6.42 Å². The van der Waals surface area contributed by atoms with Crippen molar-refractivity contribution in [3.05, 3.63) is 0 Å². The van der Waals surface area contributed by atoms with Gasteiger partial charge in [-0.25, -0.2) is 0 Å². The van der Waals surface area contributed by atoms with Crippen molar-refractivity contribution in [3.63, 3.8) is 0 Å². The molecule has 3 heteroatoms. The molecule has 3 N–H and O–H groups in total. The van der Waals surface area contributed by atoms with Gasteiger partial charge in [-0.1, -0.05) is 77.6 Å². The normalized spacial score (nSPS) is 12.5. The molecule has 0 rings (SSSR count).